The smallest absolute Gasteiger partial charge is 0.419 e. The lowest BCUT2D eigenvalue weighted by Crippen LogP contribution is -2.16. The van der Waals surface area contributed by atoms with Crippen LogP contribution in [-0.4, -0.2) is 34.8 Å². The number of nitro groups is 1. The summed E-state index contributed by atoms with van der Waals surface area (Å²) in [7, 11) is 2.80. The van der Waals surface area contributed by atoms with Gasteiger partial charge in [0, 0.05) is 12.6 Å². The Morgan fingerprint density at radius 2 is 1.92 bits per heavy atom. The molecule has 0 atom stereocenters. The number of aromatic nitrogens is 2. The number of hydrogen-bond acceptors (Lipinski definition) is 7. The zero-order valence-electron chi connectivity index (χ0n) is 14.4. The molecule has 0 spiro atoms. The monoisotopic (exact) mass is 349 g/mol. The van der Waals surface area contributed by atoms with Crippen molar-refractivity contribution in [1.82, 2.24) is 9.55 Å². The van der Waals surface area contributed by atoms with Gasteiger partial charge in [0.25, 0.3) is 5.69 Å². The molecule has 0 aliphatic rings. The van der Waals surface area contributed by atoms with E-state index < -0.39 is 11.0 Å². The number of aryl methyl sites for hydroxylation is 2. The Morgan fingerprint density at radius 1 is 1.28 bits per heavy atom. The second-order valence-electron chi connectivity index (χ2n) is 5.17. The van der Waals surface area contributed by atoms with Crippen molar-refractivity contribution in [1.29, 1.82) is 0 Å². The largest absolute Gasteiger partial charge is 0.493 e. The molecule has 2 rings (SSSR count). The van der Waals surface area contributed by atoms with Crippen molar-refractivity contribution in [3.63, 3.8) is 0 Å². The molecule has 0 fully saturated rings. The molecule has 2 aromatic rings. The van der Waals surface area contributed by atoms with Crippen molar-refractivity contribution in [2.24, 2.45) is 0 Å². The predicted molar refractivity (Wildman–Crippen MR) is 88.1 cm³/mol. The van der Waals surface area contributed by atoms with Gasteiger partial charge in [0.15, 0.2) is 11.5 Å². The van der Waals surface area contributed by atoms with Gasteiger partial charge in [0.1, 0.15) is 12.4 Å². The number of carbonyl (C=O) groups is 1. The summed E-state index contributed by atoms with van der Waals surface area (Å²) >= 11 is 0. The molecule has 25 heavy (non-hydrogen) atoms. The van der Waals surface area contributed by atoms with Crippen LogP contribution in [-0.2, 0) is 17.8 Å². The maximum atomic E-state index is 12.2. The van der Waals surface area contributed by atoms with Crippen LogP contribution in [0.3, 0.4) is 0 Å². The number of hydrogen-bond donors (Lipinski definition) is 0. The van der Waals surface area contributed by atoms with Crippen LogP contribution in [0, 0.1) is 17.0 Å². The molecule has 0 unspecified atom stereocenters. The molecule has 0 radical (unpaired) electrons. The van der Waals surface area contributed by atoms with Crippen molar-refractivity contribution >= 4 is 11.8 Å². The van der Waals surface area contributed by atoms with Gasteiger partial charge in [-0.3, -0.25) is 10.1 Å². The van der Waals surface area contributed by atoms with Crippen molar-refractivity contribution in [3.05, 3.63) is 45.5 Å². The molecule has 0 saturated carbocycles. The normalized spacial score (nSPS) is 10.4. The van der Waals surface area contributed by atoms with Gasteiger partial charge in [-0.2, -0.15) is 0 Å². The summed E-state index contributed by atoms with van der Waals surface area (Å²) in [5.74, 6) is 1.10. The summed E-state index contributed by atoms with van der Waals surface area (Å²) in [6.07, 6.45) is 1.46. The van der Waals surface area contributed by atoms with Crippen LogP contribution in [0.25, 0.3) is 0 Å². The highest BCUT2D eigenvalue weighted by Crippen LogP contribution is 2.34. The second kappa shape index (κ2) is 7.65. The van der Waals surface area contributed by atoms with Crippen LogP contribution < -0.4 is 9.47 Å². The number of ether oxygens (including phenoxy) is 3. The number of benzene rings is 1. The lowest BCUT2D eigenvalue weighted by atomic mass is 10.1. The Kier molecular flexibility index (Phi) is 5.58. The van der Waals surface area contributed by atoms with Crippen LogP contribution in [0.4, 0.5) is 10.5 Å². The molecule has 1 aromatic heterocycles. The topological polar surface area (TPSA) is 106 Å². The van der Waals surface area contributed by atoms with Crippen molar-refractivity contribution < 1.29 is 23.9 Å². The van der Waals surface area contributed by atoms with E-state index in [2.05, 4.69) is 4.98 Å². The Labute approximate surface area is 144 Å². The van der Waals surface area contributed by atoms with E-state index in [4.69, 9.17) is 14.2 Å². The molecule has 134 valence electrons. The van der Waals surface area contributed by atoms with E-state index in [0.29, 0.717) is 23.7 Å². The van der Waals surface area contributed by atoms with Gasteiger partial charge in [0.05, 0.1) is 36.5 Å². The Morgan fingerprint density at radius 3 is 2.48 bits per heavy atom. The first-order valence-corrected chi connectivity index (χ1v) is 7.52. The summed E-state index contributed by atoms with van der Waals surface area (Å²) in [6.45, 7) is 3.35. The lowest BCUT2D eigenvalue weighted by Gasteiger charge is -2.11. The van der Waals surface area contributed by atoms with Crippen LogP contribution >= 0.6 is 0 Å². The predicted octanol–water partition coefficient (Wildman–Crippen LogP) is 2.86. The Bertz CT molecular complexity index is 799. The van der Waals surface area contributed by atoms with E-state index in [1.807, 2.05) is 6.92 Å². The quantitative estimate of drug-likeness (QED) is 0.583. The summed E-state index contributed by atoms with van der Waals surface area (Å²) in [5.41, 5.74) is 0.666. The molecule has 0 aliphatic carbocycles. The molecule has 0 aliphatic heterocycles. The number of methoxy groups -OCH3 is 2. The maximum Gasteiger partial charge on any atom is 0.419 e. The summed E-state index contributed by atoms with van der Waals surface area (Å²) in [6, 6.07) is 2.66. The standard InChI is InChI=1S/C16H19N3O6/c1-5-15-17-10(2)8-18(15)16(20)25-9-11-6-13(23-3)14(24-4)7-12(11)19(21)22/h6-8H,5,9H2,1-4H3. The third kappa shape index (κ3) is 3.87. The fourth-order valence-corrected chi connectivity index (χ4v) is 2.36. The fourth-order valence-electron chi connectivity index (χ4n) is 2.36. The number of carbonyl (C=O) groups excluding carboxylic acids is 1. The first-order valence-electron chi connectivity index (χ1n) is 7.52. The second-order valence-corrected chi connectivity index (χ2v) is 5.17. The van der Waals surface area contributed by atoms with E-state index >= 15 is 0 Å². The minimum Gasteiger partial charge on any atom is -0.493 e. The zero-order chi connectivity index (χ0) is 18.6. The summed E-state index contributed by atoms with van der Waals surface area (Å²) in [4.78, 5) is 27.2. The van der Waals surface area contributed by atoms with E-state index in [1.54, 1.807) is 13.1 Å². The maximum absolute atomic E-state index is 12.2. The van der Waals surface area contributed by atoms with E-state index in [9.17, 15) is 14.9 Å². The number of rotatable bonds is 6. The van der Waals surface area contributed by atoms with Crippen LogP contribution in [0.2, 0.25) is 0 Å². The minimum absolute atomic E-state index is 0.200. The van der Waals surface area contributed by atoms with E-state index in [-0.39, 0.29) is 23.6 Å². The highest BCUT2D eigenvalue weighted by Gasteiger charge is 2.21. The van der Waals surface area contributed by atoms with Crippen molar-refractivity contribution in [2.45, 2.75) is 26.9 Å². The first-order chi connectivity index (χ1) is 11.9. The summed E-state index contributed by atoms with van der Waals surface area (Å²) < 4.78 is 16.7. The third-order valence-corrected chi connectivity index (χ3v) is 3.55. The van der Waals surface area contributed by atoms with Gasteiger partial charge in [0.2, 0.25) is 0 Å². The summed E-state index contributed by atoms with van der Waals surface area (Å²) in [5, 5.41) is 11.3. The molecule has 9 heteroatoms. The Hall–Kier alpha value is -3.10. The number of nitrogens with zero attached hydrogens (tertiary/aromatic N) is 3. The van der Waals surface area contributed by atoms with Crippen LogP contribution in [0.1, 0.15) is 24.0 Å². The first kappa shape index (κ1) is 18.2. The van der Waals surface area contributed by atoms with Crippen LogP contribution in [0.5, 0.6) is 11.5 Å². The lowest BCUT2D eigenvalue weighted by molar-refractivity contribution is -0.385. The molecule has 0 N–H and O–H groups in total. The van der Waals surface area contributed by atoms with Crippen LogP contribution in [0.15, 0.2) is 18.3 Å². The molecule has 0 amide bonds. The molecule has 1 heterocycles. The van der Waals surface area contributed by atoms with Gasteiger partial charge >= 0.3 is 6.09 Å². The SMILES string of the molecule is CCc1nc(C)cn1C(=O)OCc1cc(OC)c(OC)cc1[N+](=O)[O-]. The molecule has 1 aromatic carbocycles. The fraction of sp³-hybridized carbons (Fsp3) is 0.375. The van der Waals surface area contributed by atoms with Gasteiger partial charge in [-0.05, 0) is 13.0 Å². The molecular formula is C16H19N3O6. The van der Waals surface area contributed by atoms with Crippen molar-refractivity contribution in [3.8, 4) is 11.5 Å². The minimum atomic E-state index is -0.651. The molecule has 0 bridgehead atoms. The average molecular weight is 349 g/mol. The Balaban J connectivity index is 2.27. The third-order valence-electron chi connectivity index (χ3n) is 3.55. The van der Waals surface area contributed by atoms with Gasteiger partial charge < -0.3 is 14.2 Å². The van der Waals surface area contributed by atoms with Crippen molar-refractivity contribution in [2.75, 3.05) is 14.2 Å². The molecular weight excluding hydrogens is 330 g/mol. The number of nitro benzene ring substituents is 1. The zero-order valence-corrected chi connectivity index (χ0v) is 14.4. The average Bonchev–Trinajstić information content (AvgIpc) is 2.99. The molecule has 9 nitrogen and oxygen atoms in total. The highest BCUT2D eigenvalue weighted by molar-refractivity contribution is 5.71. The van der Waals surface area contributed by atoms with E-state index in [0.717, 1.165) is 0 Å². The van der Waals surface area contributed by atoms with Gasteiger partial charge in [-0.15, -0.1) is 0 Å². The van der Waals surface area contributed by atoms with Gasteiger partial charge in [-0.25, -0.2) is 14.3 Å². The molecule has 0 saturated heterocycles. The van der Waals surface area contributed by atoms with Gasteiger partial charge in [-0.1, -0.05) is 6.92 Å². The highest BCUT2D eigenvalue weighted by atomic mass is 16.6. The van der Waals surface area contributed by atoms with E-state index in [1.165, 1.54) is 30.9 Å². The number of imidazole rings is 1.